The summed E-state index contributed by atoms with van der Waals surface area (Å²) in [5.41, 5.74) is 5.65. The van der Waals surface area contributed by atoms with Gasteiger partial charge < -0.3 is 10.1 Å². The second kappa shape index (κ2) is 8.70. The lowest BCUT2D eigenvalue weighted by molar-refractivity contribution is 0.415. The molecule has 2 aromatic rings. The number of allylic oxidation sites excluding steroid dienone is 1. The van der Waals surface area contributed by atoms with E-state index < -0.39 is 0 Å². The van der Waals surface area contributed by atoms with E-state index in [1.807, 2.05) is 73.7 Å². The lowest BCUT2D eigenvalue weighted by atomic mass is 10.2. The van der Waals surface area contributed by atoms with Gasteiger partial charge in [0.05, 0.1) is 12.8 Å². The third-order valence-electron chi connectivity index (χ3n) is 3.00. The summed E-state index contributed by atoms with van der Waals surface area (Å²) in [6.45, 7) is 1.91. The van der Waals surface area contributed by atoms with Gasteiger partial charge in [-0.2, -0.15) is 5.10 Å². The van der Waals surface area contributed by atoms with Gasteiger partial charge in [0.25, 0.3) is 0 Å². The molecule has 0 aliphatic rings. The zero-order chi connectivity index (χ0) is 16.5. The van der Waals surface area contributed by atoms with Crippen molar-refractivity contribution in [3.63, 3.8) is 0 Å². The van der Waals surface area contributed by atoms with Gasteiger partial charge in [0.2, 0.25) is 0 Å². The van der Waals surface area contributed by atoms with Gasteiger partial charge in [-0.05, 0) is 55.0 Å². The molecule has 2 rings (SSSR count). The summed E-state index contributed by atoms with van der Waals surface area (Å²) in [5.74, 6) is 0.800. The molecule has 2 aromatic carbocycles. The highest BCUT2D eigenvalue weighted by molar-refractivity contribution is 7.80. The number of nitrogens with zero attached hydrogens (tertiary/aromatic N) is 1. The summed E-state index contributed by atoms with van der Waals surface area (Å²) in [7, 11) is 1.63. The summed E-state index contributed by atoms with van der Waals surface area (Å²) in [6, 6.07) is 17.6. The summed E-state index contributed by atoms with van der Waals surface area (Å²) >= 11 is 5.21. The molecular weight excluding hydrogens is 306 g/mol. The molecule has 0 atom stereocenters. The van der Waals surface area contributed by atoms with Crippen molar-refractivity contribution in [2.45, 2.75) is 6.92 Å². The zero-order valence-corrected chi connectivity index (χ0v) is 13.9. The highest BCUT2D eigenvalue weighted by Gasteiger charge is 1.97. The molecular formula is C18H19N3OS. The van der Waals surface area contributed by atoms with Crippen LogP contribution in [0.15, 0.2) is 65.8 Å². The van der Waals surface area contributed by atoms with Crippen molar-refractivity contribution < 1.29 is 4.74 Å². The standard InChI is InChI=1S/C18H19N3OS/c1-14(8-9-15-6-4-3-5-7-15)20-21-18(23)19-16-10-12-17(22-2)13-11-16/h3-13H,1-2H3,(H2,19,21,23). The number of anilines is 1. The summed E-state index contributed by atoms with van der Waals surface area (Å²) < 4.78 is 5.11. The minimum Gasteiger partial charge on any atom is -0.497 e. The Kier molecular flexibility index (Phi) is 6.32. The average Bonchev–Trinajstić information content (AvgIpc) is 2.60. The zero-order valence-electron chi connectivity index (χ0n) is 13.1. The van der Waals surface area contributed by atoms with Crippen molar-refractivity contribution in [3.05, 3.63) is 66.2 Å². The number of hydrogen-bond acceptors (Lipinski definition) is 3. The predicted octanol–water partition coefficient (Wildman–Crippen LogP) is 4.07. The quantitative estimate of drug-likeness (QED) is 0.494. The van der Waals surface area contributed by atoms with Crippen molar-refractivity contribution in [2.75, 3.05) is 12.4 Å². The first-order chi connectivity index (χ1) is 11.2. The van der Waals surface area contributed by atoms with E-state index in [0.29, 0.717) is 5.11 Å². The van der Waals surface area contributed by atoms with Crippen LogP contribution in [0.3, 0.4) is 0 Å². The van der Waals surface area contributed by atoms with Crippen LogP contribution in [0.2, 0.25) is 0 Å². The van der Waals surface area contributed by atoms with E-state index in [0.717, 1.165) is 22.7 Å². The summed E-state index contributed by atoms with van der Waals surface area (Å²) in [5, 5.41) is 7.71. The molecule has 0 aliphatic carbocycles. The van der Waals surface area contributed by atoms with E-state index in [9.17, 15) is 0 Å². The Bertz CT molecular complexity index is 694. The van der Waals surface area contributed by atoms with Crippen LogP contribution in [0.5, 0.6) is 5.75 Å². The van der Waals surface area contributed by atoms with Crippen LogP contribution in [-0.4, -0.2) is 17.9 Å². The topological polar surface area (TPSA) is 45.6 Å². The monoisotopic (exact) mass is 325 g/mol. The highest BCUT2D eigenvalue weighted by atomic mass is 32.1. The molecule has 0 radical (unpaired) electrons. The lowest BCUT2D eigenvalue weighted by Gasteiger charge is -2.08. The van der Waals surface area contributed by atoms with Crippen LogP contribution in [-0.2, 0) is 0 Å². The minimum atomic E-state index is 0.433. The van der Waals surface area contributed by atoms with Gasteiger partial charge in [-0.15, -0.1) is 0 Å². The molecule has 0 fully saturated rings. The molecule has 0 aromatic heterocycles. The Balaban J connectivity index is 1.85. The van der Waals surface area contributed by atoms with Crippen LogP contribution < -0.4 is 15.5 Å². The van der Waals surface area contributed by atoms with Crippen molar-refractivity contribution in [3.8, 4) is 5.75 Å². The number of nitrogens with one attached hydrogen (secondary N) is 2. The summed E-state index contributed by atoms with van der Waals surface area (Å²) in [4.78, 5) is 0. The Hall–Kier alpha value is -2.66. The van der Waals surface area contributed by atoms with E-state index in [1.54, 1.807) is 7.11 Å². The van der Waals surface area contributed by atoms with Gasteiger partial charge in [-0.1, -0.05) is 36.4 Å². The largest absolute Gasteiger partial charge is 0.497 e. The Morgan fingerprint density at radius 2 is 1.78 bits per heavy atom. The van der Waals surface area contributed by atoms with E-state index in [4.69, 9.17) is 17.0 Å². The first kappa shape index (κ1) is 16.7. The van der Waals surface area contributed by atoms with Crippen molar-refractivity contribution in [1.29, 1.82) is 0 Å². The van der Waals surface area contributed by atoms with Crippen LogP contribution in [0.25, 0.3) is 6.08 Å². The average molecular weight is 325 g/mol. The van der Waals surface area contributed by atoms with E-state index in [-0.39, 0.29) is 0 Å². The molecule has 0 bridgehead atoms. The smallest absolute Gasteiger partial charge is 0.191 e. The maximum Gasteiger partial charge on any atom is 0.191 e. The molecule has 2 N–H and O–H groups in total. The number of ether oxygens (including phenoxy) is 1. The fourth-order valence-corrected chi connectivity index (χ4v) is 1.95. The molecule has 118 valence electrons. The normalized spacial score (nSPS) is 11.3. The second-order valence-electron chi connectivity index (χ2n) is 4.79. The number of rotatable bonds is 5. The summed E-state index contributed by atoms with van der Waals surface area (Å²) in [6.07, 6.45) is 3.93. The second-order valence-corrected chi connectivity index (χ2v) is 5.20. The fraction of sp³-hybridized carbons (Fsp3) is 0.111. The molecule has 5 heteroatoms. The third kappa shape index (κ3) is 5.92. The number of hydrogen-bond donors (Lipinski definition) is 2. The third-order valence-corrected chi connectivity index (χ3v) is 3.19. The number of thiocarbonyl (C=S) groups is 1. The molecule has 0 aliphatic heterocycles. The fourth-order valence-electron chi connectivity index (χ4n) is 1.79. The molecule has 4 nitrogen and oxygen atoms in total. The Morgan fingerprint density at radius 3 is 2.43 bits per heavy atom. The Labute approximate surface area is 141 Å². The minimum absolute atomic E-state index is 0.433. The molecule has 0 saturated carbocycles. The molecule has 0 spiro atoms. The van der Waals surface area contributed by atoms with Gasteiger partial charge >= 0.3 is 0 Å². The maximum atomic E-state index is 5.21. The molecule has 0 heterocycles. The van der Waals surface area contributed by atoms with E-state index >= 15 is 0 Å². The molecule has 0 unspecified atom stereocenters. The molecule has 0 saturated heterocycles. The first-order valence-corrected chi connectivity index (χ1v) is 7.56. The predicted molar refractivity (Wildman–Crippen MR) is 101 cm³/mol. The lowest BCUT2D eigenvalue weighted by Crippen LogP contribution is -2.24. The van der Waals surface area contributed by atoms with Gasteiger partial charge in [0.1, 0.15) is 5.75 Å². The van der Waals surface area contributed by atoms with Crippen LogP contribution in [0.1, 0.15) is 12.5 Å². The van der Waals surface area contributed by atoms with E-state index in [1.165, 1.54) is 0 Å². The number of hydrazone groups is 1. The van der Waals surface area contributed by atoms with Gasteiger partial charge in [-0.25, -0.2) is 0 Å². The number of methoxy groups -OCH3 is 1. The van der Waals surface area contributed by atoms with Gasteiger partial charge in [-0.3, -0.25) is 5.43 Å². The maximum absolute atomic E-state index is 5.21. The van der Waals surface area contributed by atoms with E-state index in [2.05, 4.69) is 15.8 Å². The highest BCUT2D eigenvalue weighted by Crippen LogP contribution is 2.14. The van der Waals surface area contributed by atoms with Crippen molar-refractivity contribution in [1.82, 2.24) is 5.43 Å². The van der Waals surface area contributed by atoms with Crippen molar-refractivity contribution in [2.24, 2.45) is 5.10 Å². The molecule has 0 amide bonds. The van der Waals surface area contributed by atoms with Crippen molar-refractivity contribution >= 4 is 34.8 Å². The first-order valence-electron chi connectivity index (χ1n) is 7.16. The SMILES string of the molecule is COc1ccc(NC(=S)NN=C(C)C=Cc2ccccc2)cc1. The van der Waals surface area contributed by atoms with Gasteiger partial charge in [0, 0.05) is 5.69 Å². The van der Waals surface area contributed by atoms with Crippen LogP contribution >= 0.6 is 12.2 Å². The van der Waals surface area contributed by atoms with Crippen LogP contribution in [0.4, 0.5) is 5.69 Å². The van der Waals surface area contributed by atoms with Gasteiger partial charge in [0.15, 0.2) is 5.11 Å². The van der Waals surface area contributed by atoms with Crippen LogP contribution in [0, 0.1) is 0 Å². The Morgan fingerprint density at radius 1 is 1.09 bits per heavy atom. The molecule has 23 heavy (non-hydrogen) atoms. The number of benzene rings is 2.